The number of rotatable bonds is 4. The number of benzene rings is 1. The molecule has 5 nitrogen and oxygen atoms in total. The van der Waals surface area contributed by atoms with Crippen molar-refractivity contribution in [1.82, 2.24) is 5.43 Å². The van der Waals surface area contributed by atoms with Crippen LogP contribution in [-0.2, 0) is 6.61 Å². The zero-order valence-corrected chi connectivity index (χ0v) is 10.6. The van der Waals surface area contributed by atoms with Crippen LogP contribution in [0, 0.1) is 18.6 Å². The number of hydrazine groups is 1. The molecule has 0 atom stereocenters. The van der Waals surface area contributed by atoms with Crippen LogP contribution in [-0.4, -0.2) is 5.91 Å². The lowest BCUT2D eigenvalue weighted by atomic mass is 10.2. The van der Waals surface area contributed by atoms with Crippen LogP contribution >= 0.6 is 0 Å². The highest BCUT2D eigenvalue weighted by Gasteiger charge is 2.14. The van der Waals surface area contributed by atoms with Gasteiger partial charge >= 0.3 is 5.91 Å². The first kappa shape index (κ1) is 14.0. The molecule has 7 heteroatoms. The minimum Gasteiger partial charge on any atom is -0.486 e. The van der Waals surface area contributed by atoms with E-state index in [0.29, 0.717) is 11.3 Å². The van der Waals surface area contributed by atoms with Crippen molar-refractivity contribution in [2.45, 2.75) is 13.5 Å². The number of nitrogens with one attached hydrogen (secondary N) is 1. The number of ether oxygens (including phenoxy) is 1. The highest BCUT2D eigenvalue weighted by Crippen LogP contribution is 2.21. The lowest BCUT2D eigenvalue weighted by Crippen LogP contribution is -2.29. The van der Waals surface area contributed by atoms with Gasteiger partial charge in [0, 0.05) is 11.6 Å². The van der Waals surface area contributed by atoms with Crippen LogP contribution in [0.2, 0.25) is 0 Å². The van der Waals surface area contributed by atoms with Crippen LogP contribution in [0.4, 0.5) is 8.78 Å². The molecular weight excluding hydrogens is 270 g/mol. The first-order valence-electron chi connectivity index (χ1n) is 5.69. The van der Waals surface area contributed by atoms with Crippen LogP contribution in [0.3, 0.4) is 0 Å². The molecule has 0 spiro atoms. The molecule has 106 valence electrons. The van der Waals surface area contributed by atoms with Gasteiger partial charge in [-0.15, -0.1) is 0 Å². The molecule has 1 heterocycles. The van der Waals surface area contributed by atoms with E-state index < -0.39 is 17.5 Å². The summed E-state index contributed by atoms with van der Waals surface area (Å²) < 4.78 is 36.7. The molecule has 1 aromatic heterocycles. The van der Waals surface area contributed by atoms with Gasteiger partial charge in [0.2, 0.25) is 0 Å². The Balaban J connectivity index is 2.13. The van der Waals surface area contributed by atoms with E-state index in [2.05, 4.69) is 0 Å². The van der Waals surface area contributed by atoms with Crippen molar-refractivity contribution in [2.75, 3.05) is 0 Å². The smallest absolute Gasteiger partial charge is 0.300 e. The zero-order valence-electron chi connectivity index (χ0n) is 10.6. The van der Waals surface area contributed by atoms with Crippen molar-refractivity contribution in [3.05, 3.63) is 53.0 Å². The van der Waals surface area contributed by atoms with Crippen molar-refractivity contribution in [1.29, 1.82) is 0 Å². The van der Waals surface area contributed by atoms with E-state index in [1.807, 2.05) is 5.43 Å². The zero-order chi connectivity index (χ0) is 14.7. The number of amides is 1. The molecule has 20 heavy (non-hydrogen) atoms. The van der Waals surface area contributed by atoms with Gasteiger partial charge in [-0.05, 0) is 25.1 Å². The largest absolute Gasteiger partial charge is 0.486 e. The highest BCUT2D eigenvalue weighted by molar-refractivity contribution is 5.91. The number of nitrogen functional groups attached to an aromatic ring is 1. The highest BCUT2D eigenvalue weighted by atomic mass is 19.1. The van der Waals surface area contributed by atoms with Crippen molar-refractivity contribution in [3.8, 4) is 5.75 Å². The third kappa shape index (κ3) is 2.94. The third-order valence-corrected chi connectivity index (χ3v) is 2.65. The van der Waals surface area contributed by atoms with Gasteiger partial charge in [-0.25, -0.2) is 14.6 Å². The van der Waals surface area contributed by atoms with Gasteiger partial charge in [0.1, 0.15) is 18.2 Å². The maximum absolute atomic E-state index is 13.4. The molecular formula is C13H12F2N2O3. The second-order valence-corrected chi connectivity index (χ2v) is 4.03. The molecule has 3 N–H and O–H groups in total. The molecule has 1 amide bonds. The molecule has 0 fully saturated rings. The van der Waals surface area contributed by atoms with E-state index in [-0.39, 0.29) is 18.1 Å². The first-order chi connectivity index (χ1) is 9.51. The molecule has 1 aromatic carbocycles. The minimum absolute atomic E-state index is 0.0170. The van der Waals surface area contributed by atoms with Crippen LogP contribution in [0.1, 0.15) is 21.9 Å². The second-order valence-electron chi connectivity index (χ2n) is 4.03. The van der Waals surface area contributed by atoms with Crippen molar-refractivity contribution < 1.29 is 22.7 Å². The minimum atomic E-state index is -0.674. The summed E-state index contributed by atoms with van der Waals surface area (Å²) in [6.07, 6.45) is 0. The fourth-order valence-corrected chi connectivity index (χ4v) is 1.59. The molecule has 0 saturated heterocycles. The van der Waals surface area contributed by atoms with Gasteiger partial charge in [0.05, 0.1) is 0 Å². The van der Waals surface area contributed by atoms with E-state index in [4.69, 9.17) is 15.0 Å². The van der Waals surface area contributed by atoms with Crippen molar-refractivity contribution in [2.24, 2.45) is 5.84 Å². The Morgan fingerprint density at radius 3 is 2.85 bits per heavy atom. The van der Waals surface area contributed by atoms with Crippen LogP contribution in [0.15, 0.2) is 28.7 Å². The Kier molecular flexibility index (Phi) is 3.99. The van der Waals surface area contributed by atoms with E-state index >= 15 is 0 Å². The quantitative estimate of drug-likeness (QED) is 0.511. The van der Waals surface area contributed by atoms with E-state index in [9.17, 15) is 13.6 Å². The fourth-order valence-electron chi connectivity index (χ4n) is 1.59. The summed E-state index contributed by atoms with van der Waals surface area (Å²) in [5.41, 5.74) is 2.46. The van der Waals surface area contributed by atoms with Crippen LogP contribution < -0.4 is 16.0 Å². The Labute approximate surface area is 113 Å². The molecule has 0 radical (unpaired) electrons. The van der Waals surface area contributed by atoms with Gasteiger partial charge < -0.3 is 9.15 Å². The number of carbonyl (C=O) groups is 1. The average molecular weight is 282 g/mol. The van der Waals surface area contributed by atoms with Crippen molar-refractivity contribution in [3.63, 3.8) is 0 Å². The number of aryl methyl sites for hydroxylation is 1. The van der Waals surface area contributed by atoms with E-state index in [1.165, 1.54) is 6.07 Å². The van der Waals surface area contributed by atoms with E-state index in [0.717, 1.165) is 18.2 Å². The fraction of sp³-hybridized carbons (Fsp3) is 0.154. The van der Waals surface area contributed by atoms with Gasteiger partial charge in [-0.1, -0.05) is 0 Å². The maximum atomic E-state index is 13.4. The first-order valence-corrected chi connectivity index (χ1v) is 5.69. The number of carbonyl (C=O) groups excluding carboxylic acids is 1. The summed E-state index contributed by atoms with van der Waals surface area (Å²) in [4.78, 5) is 11.3. The standard InChI is InChI=1S/C13H12F2N2O3/c1-7-8(4-12(20-7)13(18)17-16)6-19-11-5-9(14)2-3-10(11)15/h2-5H,6,16H2,1H3,(H,17,18). The number of hydrogen-bond donors (Lipinski definition) is 2. The van der Waals surface area contributed by atoms with Crippen LogP contribution in [0.25, 0.3) is 0 Å². The van der Waals surface area contributed by atoms with E-state index in [1.54, 1.807) is 6.92 Å². The molecule has 2 aromatic rings. The maximum Gasteiger partial charge on any atom is 0.300 e. The lowest BCUT2D eigenvalue weighted by molar-refractivity contribution is 0.0924. The third-order valence-electron chi connectivity index (χ3n) is 2.65. The topological polar surface area (TPSA) is 77.5 Å². The van der Waals surface area contributed by atoms with Gasteiger partial charge in [-0.2, -0.15) is 0 Å². The second kappa shape index (κ2) is 5.70. The van der Waals surface area contributed by atoms with Crippen LogP contribution in [0.5, 0.6) is 5.75 Å². The summed E-state index contributed by atoms with van der Waals surface area (Å²) in [7, 11) is 0. The number of hydrogen-bond acceptors (Lipinski definition) is 4. The number of furan rings is 1. The summed E-state index contributed by atoms with van der Waals surface area (Å²) in [5.74, 6) is 3.35. The van der Waals surface area contributed by atoms with Gasteiger partial charge in [0.15, 0.2) is 17.3 Å². The molecule has 0 aliphatic rings. The molecule has 0 saturated carbocycles. The summed E-state index contributed by atoms with van der Waals surface area (Å²) in [6, 6.07) is 4.34. The lowest BCUT2D eigenvalue weighted by Gasteiger charge is -2.06. The SMILES string of the molecule is Cc1oc(C(=O)NN)cc1COc1cc(F)ccc1F. The Bertz CT molecular complexity index is 641. The average Bonchev–Trinajstić information content (AvgIpc) is 2.80. The predicted octanol–water partition coefficient (Wildman–Crippen LogP) is 2.05. The number of nitrogens with two attached hydrogens (primary N) is 1. The van der Waals surface area contributed by atoms with Crippen molar-refractivity contribution >= 4 is 5.91 Å². The summed E-state index contributed by atoms with van der Waals surface area (Å²) >= 11 is 0. The summed E-state index contributed by atoms with van der Waals surface area (Å²) in [6.45, 7) is 1.56. The monoisotopic (exact) mass is 282 g/mol. The molecule has 0 bridgehead atoms. The molecule has 2 rings (SSSR count). The molecule has 0 unspecified atom stereocenters. The molecule has 0 aliphatic carbocycles. The Morgan fingerprint density at radius 2 is 2.15 bits per heavy atom. The number of halogens is 2. The van der Waals surface area contributed by atoms with Gasteiger partial charge in [-0.3, -0.25) is 10.2 Å². The normalized spacial score (nSPS) is 10.4. The molecule has 0 aliphatic heterocycles. The van der Waals surface area contributed by atoms with Gasteiger partial charge in [0.25, 0.3) is 0 Å². The predicted molar refractivity (Wildman–Crippen MR) is 65.8 cm³/mol. The Morgan fingerprint density at radius 1 is 1.40 bits per heavy atom. The Hall–Kier alpha value is -2.41. The summed E-state index contributed by atoms with van der Waals surface area (Å²) in [5, 5.41) is 0.